The van der Waals surface area contributed by atoms with Gasteiger partial charge in [0.05, 0.1) is 13.2 Å². The molecule has 0 saturated heterocycles. The average Bonchev–Trinajstić information content (AvgIpc) is 2.92. The maximum absolute atomic E-state index is 12.5. The van der Waals surface area contributed by atoms with E-state index >= 15 is 0 Å². The Labute approximate surface area is 233 Å². The fraction of sp³-hybridized carbons (Fsp3) is 0.414. The maximum Gasteiger partial charge on any atom is 0.251 e. The third kappa shape index (κ3) is 9.61. The van der Waals surface area contributed by atoms with Gasteiger partial charge in [-0.1, -0.05) is 54.0 Å². The Morgan fingerprint density at radius 1 is 1.03 bits per heavy atom. The maximum atomic E-state index is 12.5. The molecule has 0 aliphatic rings. The molecule has 0 aliphatic heterocycles. The number of nitrogens with zero attached hydrogens (tertiary/aromatic N) is 2. The van der Waals surface area contributed by atoms with Gasteiger partial charge in [0, 0.05) is 36.5 Å². The summed E-state index contributed by atoms with van der Waals surface area (Å²) in [5, 5.41) is 7.25. The number of nitrogens with two attached hydrogens (primary N) is 1. The molecule has 1 heterocycles. The van der Waals surface area contributed by atoms with Gasteiger partial charge in [-0.15, -0.1) is 0 Å². The third-order valence-electron chi connectivity index (χ3n) is 5.84. The summed E-state index contributed by atoms with van der Waals surface area (Å²) in [5.74, 6) is 2.60. The molecule has 38 heavy (non-hydrogen) atoms. The second kappa shape index (κ2) is 14.7. The predicted molar refractivity (Wildman–Crippen MR) is 155 cm³/mol. The number of rotatable bonds is 15. The smallest absolute Gasteiger partial charge is 0.251 e. The number of carbonyl (C=O) groups excluding carboxylic acids is 1. The van der Waals surface area contributed by atoms with Gasteiger partial charge in [0.1, 0.15) is 17.4 Å². The van der Waals surface area contributed by atoms with Crippen molar-refractivity contribution in [1.82, 2.24) is 15.3 Å². The van der Waals surface area contributed by atoms with Gasteiger partial charge >= 0.3 is 0 Å². The Kier molecular flexibility index (Phi) is 11.4. The Morgan fingerprint density at radius 2 is 1.74 bits per heavy atom. The first-order valence-electron chi connectivity index (χ1n) is 12.9. The van der Waals surface area contributed by atoms with E-state index in [-0.39, 0.29) is 11.3 Å². The number of benzene rings is 2. The number of aromatic nitrogens is 2. The lowest BCUT2D eigenvalue weighted by atomic mass is 9.94. The van der Waals surface area contributed by atoms with E-state index < -0.39 is 0 Å². The molecule has 1 aromatic heterocycles. The van der Waals surface area contributed by atoms with Crippen molar-refractivity contribution in [3.8, 4) is 11.6 Å². The zero-order chi connectivity index (χ0) is 27.4. The lowest BCUT2D eigenvalue weighted by Crippen LogP contribution is -2.38. The number of hydrogen-bond donors (Lipinski definition) is 3. The molecule has 0 atom stereocenters. The summed E-state index contributed by atoms with van der Waals surface area (Å²) in [6.45, 7) is 8.80. The molecule has 8 nitrogen and oxygen atoms in total. The summed E-state index contributed by atoms with van der Waals surface area (Å²) in [7, 11) is 0. The van der Waals surface area contributed by atoms with Gasteiger partial charge in [0.25, 0.3) is 5.91 Å². The molecule has 0 spiro atoms. The van der Waals surface area contributed by atoms with E-state index in [0.717, 1.165) is 28.6 Å². The molecule has 4 N–H and O–H groups in total. The number of amides is 1. The van der Waals surface area contributed by atoms with Gasteiger partial charge in [-0.2, -0.15) is 4.98 Å². The van der Waals surface area contributed by atoms with Crippen LogP contribution in [-0.2, 0) is 13.0 Å². The highest BCUT2D eigenvalue weighted by Gasteiger charge is 2.17. The monoisotopic (exact) mass is 583 g/mol. The molecule has 204 valence electrons. The fourth-order valence-corrected chi connectivity index (χ4v) is 3.68. The van der Waals surface area contributed by atoms with Crippen molar-refractivity contribution in [2.24, 2.45) is 11.1 Å². The first kappa shape index (κ1) is 29.4. The van der Waals surface area contributed by atoms with Crippen molar-refractivity contribution >= 4 is 27.7 Å². The van der Waals surface area contributed by atoms with Gasteiger partial charge in [0.15, 0.2) is 0 Å². The van der Waals surface area contributed by atoms with Crippen LogP contribution >= 0.6 is 15.9 Å². The minimum Gasteiger partial charge on any atom is -0.494 e. The lowest BCUT2D eigenvalue weighted by molar-refractivity contribution is 0.0938. The van der Waals surface area contributed by atoms with E-state index in [9.17, 15) is 4.79 Å². The van der Waals surface area contributed by atoms with Crippen LogP contribution in [0.2, 0.25) is 0 Å². The molecule has 0 saturated carbocycles. The highest BCUT2D eigenvalue weighted by molar-refractivity contribution is 9.09. The molecule has 0 fully saturated rings. The second-order valence-electron chi connectivity index (χ2n) is 9.75. The summed E-state index contributed by atoms with van der Waals surface area (Å²) in [4.78, 5) is 21.7. The average molecular weight is 585 g/mol. The standard InChI is InChI=1S/C29H38BrN5O3/c1-4-37-27-17-25(32-18-22-8-12-24(13-9-22)38-15-5-14-30)34-26(35-27)16-21-6-10-23(11-7-21)28(36)33-20-29(2,3)19-31/h6-13,17H,4-5,14-16,18-20,31H2,1-3H3,(H,33,36)(H,32,34,35). The van der Waals surface area contributed by atoms with Crippen molar-refractivity contribution in [2.75, 3.05) is 37.0 Å². The molecular weight excluding hydrogens is 546 g/mol. The summed E-state index contributed by atoms with van der Waals surface area (Å²) in [6.07, 6.45) is 1.48. The van der Waals surface area contributed by atoms with E-state index in [2.05, 4.69) is 31.5 Å². The molecule has 9 heteroatoms. The van der Waals surface area contributed by atoms with Crippen LogP contribution < -0.4 is 25.8 Å². The van der Waals surface area contributed by atoms with Crippen molar-refractivity contribution in [3.05, 3.63) is 77.1 Å². The minimum absolute atomic E-state index is 0.113. The molecular formula is C29H38BrN5O3. The minimum atomic E-state index is -0.144. The molecule has 3 aromatic rings. The molecule has 0 bridgehead atoms. The molecule has 0 radical (unpaired) electrons. The third-order valence-corrected chi connectivity index (χ3v) is 6.40. The van der Waals surface area contributed by atoms with Crippen LogP contribution in [0, 0.1) is 5.41 Å². The van der Waals surface area contributed by atoms with E-state index in [0.29, 0.717) is 62.4 Å². The molecule has 1 amide bonds. The Hall–Kier alpha value is -3.17. The number of ether oxygens (including phenoxy) is 2. The quantitative estimate of drug-likeness (QED) is 0.171. The van der Waals surface area contributed by atoms with Crippen LogP contribution in [0.25, 0.3) is 0 Å². The van der Waals surface area contributed by atoms with Gasteiger partial charge in [-0.05, 0) is 60.7 Å². The predicted octanol–water partition coefficient (Wildman–Crippen LogP) is 4.96. The largest absolute Gasteiger partial charge is 0.494 e. The summed E-state index contributed by atoms with van der Waals surface area (Å²) in [6, 6.07) is 17.3. The zero-order valence-electron chi connectivity index (χ0n) is 22.4. The number of nitrogens with one attached hydrogen (secondary N) is 2. The van der Waals surface area contributed by atoms with Crippen molar-refractivity contribution in [2.45, 2.75) is 40.2 Å². The summed E-state index contributed by atoms with van der Waals surface area (Å²) >= 11 is 3.41. The normalized spacial score (nSPS) is 11.2. The van der Waals surface area contributed by atoms with Crippen molar-refractivity contribution in [3.63, 3.8) is 0 Å². The highest BCUT2D eigenvalue weighted by Crippen LogP contribution is 2.19. The van der Waals surface area contributed by atoms with Gasteiger partial charge in [-0.25, -0.2) is 4.98 Å². The number of alkyl halides is 1. The lowest BCUT2D eigenvalue weighted by Gasteiger charge is -2.22. The first-order valence-corrected chi connectivity index (χ1v) is 14.0. The van der Waals surface area contributed by atoms with E-state index in [1.807, 2.05) is 69.3 Å². The highest BCUT2D eigenvalue weighted by atomic mass is 79.9. The molecule has 0 unspecified atom stereocenters. The van der Waals surface area contributed by atoms with Crippen LogP contribution in [-0.4, -0.2) is 47.5 Å². The topological polar surface area (TPSA) is 111 Å². The van der Waals surface area contributed by atoms with Gasteiger partial charge in [0.2, 0.25) is 5.88 Å². The Morgan fingerprint density at radius 3 is 2.39 bits per heavy atom. The van der Waals surface area contributed by atoms with Gasteiger partial charge < -0.3 is 25.8 Å². The van der Waals surface area contributed by atoms with Crippen LogP contribution in [0.15, 0.2) is 54.6 Å². The number of hydrogen-bond acceptors (Lipinski definition) is 7. The van der Waals surface area contributed by atoms with Gasteiger partial charge in [-0.3, -0.25) is 4.79 Å². The Bertz CT molecular complexity index is 1150. The van der Waals surface area contributed by atoms with Crippen LogP contribution in [0.5, 0.6) is 11.6 Å². The van der Waals surface area contributed by atoms with Crippen molar-refractivity contribution in [1.29, 1.82) is 0 Å². The molecule has 0 aliphatic carbocycles. The molecule has 2 aromatic carbocycles. The number of carbonyl (C=O) groups is 1. The molecule has 3 rings (SSSR count). The first-order chi connectivity index (χ1) is 18.3. The summed E-state index contributed by atoms with van der Waals surface area (Å²) < 4.78 is 11.4. The van der Waals surface area contributed by atoms with E-state index in [1.165, 1.54) is 0 Å². The van der Waals surface area contributed by atoms with E-state index in [4.69, 9.17) is 20.2 Å². The second-order valence-corrected chi connectivity index (χ2v) is 10.5. The Balaban J connectivity index is 1.62. The van der Waals surface area contributed by atoms with Crippen LogP contribution in [0.1, 0.15) is 54.5 Å². The fourth-order valence-electron chi connectivity index (χ4n) is 3.46. The zero-order valence-corrected chi connectivity index (χ0v) is 24.0. The summed E-state index contributed by atoms with van der Waals surface area (Å²) in [5.41, 5.74) is 8.32. The number of halogens is 1. The number of anilines is 1. The van der Waals surface area contributed by atoms with Crippen LogP contribution in [0.4, 0.5) is 5.82 Å². The van der Waals surface area contributed by atoms with E-state index in [1.54, 1.807) is 6.07 Å². The van der Waals surface area contributed by atoms with Crippen molar-refractivity contribution < 1.29 is 14.3 Å². The SMILES string of the molecule is CCOc1cc(NCc2ccc(OCCCBr)cc2)nc(Cc2ccc(C(=O)NCC(C)(C)CN)cc2)n1. The van der Waals surface area contributed by atoms with Crippen LogP contribution in [0.3, 0.4) is 0 Å².